The van der Waals surface area contributed by atoms with Crippen LogP contribution in [0.1, 0.15) is 47.5 Å². The minimum Gasteiger partial charge on any atom is -0.0695 e. The fourth-order valence-corrected chi connectivity index (χ4v) is 2.54. The van der Waals surface area contributed by atoms with Crippen molar-refractivity contribution < 1.29 is 0 Å². The molecule has 0 aromatic heterocycles. The van der Waals surface area contributed by atoms with Crippen LogP contribution in [0, 0.1) is 17.8 Å². The molecule has 0 radical (unpaired) electrons. The molecule has 0 saturated heterocycles. The van der Waals surface area contributed by atoms with Gasteiger partial charge in [-0.15, -0.1) is 0 Å². The smallest absolute Gasteiger partial charge is 0.0695 e. The zero-order valence-electron chi connectivity index (χ0n) is 9.72. The number of hydrogen-bond acceptors (Lipinski definition) is 0. The lowest BCUT2D eigenvalue weighted by Gasteiger charge is -2.31. The first-order valence-electron chi connectivity index (χ1n) is 5.54. The Morgan fingerprint density at radius 1 is 0.917 bits per heavy atom. The van der Waals surface area contributed by atoms with Crippen LogP contribution in [0.2, 0.25) is 5.82 Å². The summed E-state index contributed by atoms with van der Waals surface area (Å²) in [5, 5.41) is 0. The minimum absolute atomic E-state index is 0.849. The standard InChI is InChI=1S/C11H25B/c1-6-10(8(3)4)11(7-2)9(5)12/h8-11H,6-7,12H2,1-5H3. The second-order valence-electron chi connectivity index (χ2n) is 4.63. The summed E-state index contributed by atoms with van der Waals surface area (Å²) >= 11 is 0. The van der Waals surface area contributed by atoms with E-state index >= 15 is 0 Å². The van der Waals surface area contributed by atoms with Crippen LogP contribution in [-0.2, 0) is 0 Å². The molecule has 0 aliphatic heterocycles. The molecule has 0 heterocycles. The Hall–Kier alpha value is 0.0649. The van der Waals surface area contributed by atoms with Crippen LogP contribution in [0.5, 0.6) is 0 Å². The summed E-state index contributed by atoms with van der Waals surface area (Å²) in [6.07, 6.45) is 2.68. The largest absolute Gasteiger partial charge is 0.105 e. The first-order chi connectivity index (χ1) is 5.54. The summed E-state index contributed by atoms with van der Waals surface area (Å²) in [4.78, 5) is 0. The van der Waals surface area contributed by atoms with Crippen LogP contribution in [0.15, 0.2) is 0 Å². The Balaban J connectivity index is 4.23. The lowest BCUT2D eigenvalue weighted by atomic mass is 9.67. The van der Waals surface area contributed by atoms with Crippen LogP contribution >= 0.6 is 0 Å². The quantitative estimate of drug-likeness (QED) is 0.553. The van der Waals surface area contributed by atoms with Crippen LogP contribution in [0.25, 0.3) is 0 Å². The zero-order valence-corrected chi connectivity index (χ0v) is 9.72. The van der Waals surface area contributed by atoms with Crippen LogP contribution in [-0.4, -0.2) is 7.85 Å². The summed E-state index contributed by atoms with van der Waals surface area (Å²) in [6.45, 7) is 11.7. The van der Waals surface area contributed by atoms with E-state index in [9.17, 15) is 0 Å². The molecule has 3 unspecified atom stereocenters. The van der Waals surface area contributed by atoms with Gasteiger partial charge in [0.1, 0.15) is 7.85 Å². The Bertz CT molecular complexity index is 93.6. The topological polar surface area (TPSA) is 0 Å². The molecule has 0 N–H and O–H groups in total. The number of hydrogen-bond donors (Lipinski definition) is 0. The van der Waals surface area contributed by atoms with Gasteiger partial charge in [-0.05, 0) is 17.8 Å². The molecule has 3 atom stereocenters. The van der Waals surface area contributed by atoms with Crippen molar-refractivity contribution in [2.45, 2.75) is 53.3 Å². The van der Waals surface area contributed by atoms with Crippen LogP contribution in [0.3, 0.4) is 0 Å². The van der Waals surface area contributed by atoms with Gasteiger partial charge < -0.3 is 0 Å². The average Bonchev–Trinajstić information content (AvgIpc) is 1.98. The lowest BCUT2D eigenvalue weighted by molar-refractivity contribution is 0.233. The monoisotopic (exact) mass is 168 g/mol. The van der Waals surface area contributed by atoms with Gasteiger partial charge in [-0.3, -0.25) is 0 Å². The molecular formula is C11H25B. The van der Waals surface area contributed by atoms with Crippen molar-refractivity contribution in [3.05, 3.63) is 0 Å². The molecule has 0 fully saturated rings. The third-order valence-electron chi connectivity index (χ3n) is 3.21. The molecule has 0 amide bonds. The highest BCUT2D eigenvalue weighted by molar-refractivity contribution is 6.11. The van der Waals surface area contributed by atoms with Crippen LogP contribution < -0.4 is 0 Å². The molecule has 0 aromatic carbocycles. The zero-order chi connectivity index (χ0) is 9.72. The van der Waals surface area contributed by atoms with Gasteiger partial charge in [0, 0.05) is 0 Å². The van der Waals surface area contributed by atoms with E-state index < -0.39 is 0 Å². The van der Waals surface area contributed by atoms with E-state index in [1.165, 1.54) is 12.8 Å². The SMILES string of the molecule is BC(C)C(CC)C(CC)C(C)C. The van der Waals surface area contributed by atoms with Gasteiger partial charge in [0.2, 0.25) is 0 Å². The van der Waals surface area contributed by atoms with Gasteiger partial charge in [-0.2, -0.15) is 0 Å². The summed E-state index contributed by atoms with van der Waals surface area (Å²) in [5.41, 5.74) is 0. The normalized spacial score (nSPS) is 19.2. The van der Waals surface area contributed by atoms with Gasteiger partial charge in [-0.25, -0.2) is 0 Å². The molecule has 1 heteroatoms. The molecule has 0 rings (SSSR count). The van der Waals surface area contributed by atoms with E-state index in [0.717, 1.165) is 23.6 Å². The maximum absolute atomic E-state index is 2.36. The second-order valence-corrected chi connectivity index (χ2v) is 4.63. The molecule has 72 valence electrons. The van der Waals surface area contributed by atoms with Crippen molar-refractivity contribution in [2.24, 2.45) is 17.8 Å². The van der Waals surface area contributed by atoms with Gasteiger partial charge in [0.05, 0.1) is 0 Å². The molecule has 0 nitrogen and oxygen atoms in total. The maximum atomic E-state index is 2.36. The fourth-order valence-electron chi connectivity index (χ4n) is 2.54. The molecule has 0 aliphatic rings. The molecular weight excluding hydrogens is 143 g/mol. The minimum atomic E-state index is 0.849. The Labute approximate surface area is 79.5 Å². The Kier molecular flexibility index (Phi) is 5.70. The highest BCUT2D eigenvalue weighted by atomic mass is 14.3. The van der Waals surface area contributed by atoms with Crippen molar-refractivity contribution in [3.8, 4) is 0 Å². The van der Waals surface area contributed by atoms with Crippen LogP contribution in [0.4, 0.5) is 0 Å². The predicted molar refractivity (Wildman–Crippen MR) is 60.4 cm³/mol. The summed E-state index contributed by atoms with van der Waals surface area (Å²) in [7, 11) is 2.36. The Morgan fingerprint density at radius 3 is 1.42 bits per heavy atom. The van der Waals surface area contributed by atoms with Crippen molar-refractivity contribution in [1.82, 2.24) is 0 Å². The van der Waals surface area contributed by atoms with E-state index in [2.05, 4.69) is 42.5 Å². The molecule has 0 bridgehead atoms. The van der Waals surface area contributed by atoms with E-state index in [4.69, 9.17) is 0 Å². The maximum Gasteiger partial charge on any atom is 0.105 e. The van der Waals surface area contributed by atoms with Crippen molar-refractivity contribution in [2.75, 3.05) is 0 Å². The van der Waals surface area contributed by atoms with Crippen molar-refractivity contribution >= 4 is 7.85 Å². The molecule has 0 spiro atoms. The van der Waals surface area contributed by atoms with Gasteiger partial charge in [-0.1, -0.05) is 53.3 Å². The summed E-state index contributed by atoms with van der Waals surface area (Å²) in [5.74, 6) is 3.55. The first-order valence-corrected chi connectivity index (χ1v) is 5.54. The highest BCUT2D eigenvalue weighted by Gasteiger charge is 2.23. The third kappa shape index (κ3) is 3.20. The lowest BCUT2D eigenvalue weighted by Crippen LogP contribution is -2.22. The Morgan fingerprint density at radius 2 is 1.33 bits per heavy atom. The predicted octanol–water partition coefficient (Wildman–Crippen LogP) is 3.14. The fraction of sp³-hybridized carbons (Fsp3) is 1.00. The third-order valence-corrected chi connectivity index (χ3v) is 3.21. The van der Waals surface area contributed by atoms with Gasteiger partial charge in [0.15, 0.2) is 0 Å². The molecule has 12 heavy (non-hydrogen) atoms. The van der Waals surface area contributed by atoms with E-state index in [-0.39, 0.29) is 0 Å². The summed E-state index contributed by atoms with van der Waals surface area (Å²) in [6, 6.07) is 0. The highest BCUT2D eigenvalue weighted by Crippen LogP contribution is 2.33. The first kappa shape index (κ1) is 12.1. The molecule has 0 saturated carbocycles. The average molecular weight is 168 g/mol. The van der Waals surface area contributed by atoms with E-state index in [1.807, 2.05) is 0 Å². The molecule has 0 aliphatic carbocycles. The van der Waals surface area contributed by atoms with E-state index in [0.29, 0.717) is 0 Å². The van der Waals surface area contributed by atoms with Crippen molar-refractivity contribution in [1.29, 1.82) is 0 Å². The molecule has 0 aromatic rings. The second kappa shape index (κ2) is 5.67. The van der Waals surface area contributed by atoms with Gasteiger partial charge >= 0.3 is 0 Å². The summed E-state index contributed by atoms with van der Waals surface area (Å²) < 4.78 is 0. The van der Waals surface area contributed by atoms with Gasteiger partial charge in [0.25, 0.3) is 0 Å². The number of rotatable bonds is 5. The van der Waals surface area contributed by atoms with Crippen molar-refractivity contribution in [3.63, 3.8) is 0 Å². The van der Waals surface area contributed by atoms with E-state index in [1.54, 1.807) is 0 Å².